The molecule has 0 heterocycles. The van der Waals surface area contributed by atoms with Crippen molar-refractivity contribution in [3.8, 4) is 23.0 Å². The van der Waals surface area contributed by atoms with Crippen molar-refractivity contribution >= 4 is 27.9 Å². The first-order chi connectivity index (χ1) is 17.2. The minimum absolute atomic E-state index is 0.0399. The van der Waals surface area contributed by atoms with Crippen LogP contribution in [0.1, 0.15) is 43.0 Å². The average Bonchev–Trinajstić information content (AvgIpc) is 2.87. The Morgan fingerprint density at radius 1 is 0.944 bits per heavy atom. The third-order valence-corrected chi connectivity index (χ3v) is 6.47. The fourth-order valence-electron chi connectivity index (χ4n) is 3.60. The summed E-state index contributed by atoms with van der Waals surface area (Å²) in [6.07, 6.45) is 0. The van der Waals surface area contributed by atoms with Crippen molar-refractivity contribution < 1.29 is 38.4 Å². The van der Waals surface area contributed by atoms with Crippen LogP contribution < -0.4 is 14.2 Å². The van der Waals surface area contributed by atoms with Gasteiger partial charge in [-0.1, -0.05) is 30.3 Å². The summed E-state index contributed by atoms with van der Waals surface area (Å²) in [5.74, 6) is -0.916. The monoisotopic (exact) mass is 558 g/mol. The summed E-state index contributed by atoms with van der Waals surface area (Å²) < 4.78 is 27.1. The number of carbonyl (C=O) groups is 2. The fraction of sp³-hybridized carbons (Fsp3) is 0.259. The maximum atomic E-state index is 13.2. The van der Waals surface area contributed by atoms with Crippen molar-refractivity contribution in [2.45, 2.75) is 27.4 Å². The van der Waals surface area contributed by atoms with Crippen LogP contribution in [0.3, 0.4) is 0 Å². The lowest BCUT2D eigenvalue weighted by atomic mass is 10.0. The van der Waals surface area contributed by atoms with Crippen LogP contribution in [0.25, 0.3) is 0 Å². The van der Waals surface area contributed by atoms with Crippen molar-refractivity contribution in [2.75, 3.05) is 21.0 Å². The number of benzene rings is 3. The van der Waals surface area contributed by atoms with Crippen molar-refractivity contribution in [3.05, 3.63) is 80.3 Å². The summed E-state index contributed by atoms with van der Waals surface area (Å²) in [7, 11) is 2.93. The lowest BCUT2D eigenvalue weighted by Gasteiger charge is -2.19. The number of rotatable bonds is 9. The second kappa shape index (κ2) is 11.9. The van der Waals surface area contributed by atoms with Gasteiger partial charge in [0.15, 0.2) is 6.79 Å². The van der Waals surface area contributed by atoms with E-state index in [0.29, 0.717) is 16.9 Å². The molecule has 0 aliphatic rings. The summed E-state index contributed by atoms with van der Waals surface area (Å²) in [5.41, 5.74) is 2.18. The molecule has 0 radical (unpaired) electrons. The number of methoxy groups -OCH3 is 2. The molecule has 0 fully saturated rings. The molecule has 0 saturated heterocycles. The van der Waals surface area contributed by atoms with Gasteiger partial charge in [-0.2, -0.15) is 0 Å². The van der Waals surface area contributed by atoms with Gasteiger partial charge in [0.2, 0.25) is 0 Å². The van der Waals surface area contributed by atoms with Gasteiger partial charge in [-0.25, -0.2) is 9.59 Å². The van der Waals surface area contributed by atoms with E-state index in [0.717, 1.165) is 5.56 Å². The van der Waals surface area contributed by atoms with Crippen LogP contribution in [0.2, 0.25) is 0 Å². The smallest absolute Gasteiger partial charge is 0.347 e. The predicted molar refractivity (Wildman–Crippen MR) is 136 cm³/mol. The molecule has 1 N–H and O–H groups in total. The molecule has 190 valence electrons. The van der Waals surface area contributed by atoms with Gasteiger partial charge in [-0.3, -0.25) is 0 Å². The van der Waals surface area contributed by atoms with Gasteiger partial charge < -0.3 is 28.8 Å². The molecule has 3 aromatic rings. The van der Waals surface area contributed by atoms with Crippen LogP contribution in [0.4, 0.5) is 0 Å². The van der Waals surface area contributed by atoms with Gasteiger partial charge in [-0.15, -0.1) is 0 Å². The van der Waals surface area contributed by atoms with Crippen molar-refractivity contribution in [1.29, 1.82) is 0 Å². The lowest BCUT2D eigenvalue weighted by Crippen LogP contribution is -2.15. The topological polar surface area (TPSA) is 101 Å². The number of ether oxygens (including phenoxy) is 5. The largest absolute Gasteiger partial charge is 0.507 e. The number of halogens is 1. The molecule has 0 atom stereocenters. The van der Waals surface area contributed by atoms with Crippen LogP contribution in [-0.4, -0.2) is 38.1 Å². The van der Waals surface area contributed by atoms with Crippen LogP contribution in [0.15, 0.2) is 46.9 Å². The Morgan fingerprint density at radius 3 is 2.28 bits per heavy atom. The van der Waals surface area contributed by atoms with Gasteiger partial charge in [0, 0.05) is 28.8 Å². The molecular formula is C27H27BrO8. The molecule has 3 aromatic carbocycles. The third-order valence-electron chi connectivity index (χ3n) is 5.47. The summed E-state index contributed by atoms with van der Waals surface area (Å²) in [6.45, 7) is 5.02. The second-order valence-corrected chi connectivity index (χ2v) is 8.73. The Balaban J connectivity index is 1.90. The van der Waals surface area contributed by atoms with E-state index in [2.05, 4.69) is 15.9 Å². The lowest BCUT2D eigenvalue weighted by molar-refractivity contribution is 0.0467. The maximum Gasteiger partial charge on any atom is 0.347 e. The van der Waals surface area contributed by atoms with E-state index in [4.69, 9.17) is 23.7 Å². The number of aromatic hydroxyl groups is 1. The van der Waals surface area contributed by atoms with E-state index < -0.39 is 11.9 Å². The molecule has 0 bridgehead atoms. The molecule has 0 unspecified atom stereocenters. The molecule has 0 aliphatic heterocycles. The number of phenols is 1. The molecule has 0 spiro atoms. The van der Waals surface area contributed by atoms with Crippen LogP contribution >= 0.6 is 15.9 Å². The number of phenolic OH excluding ortho intramolecular Hbond substituents is 1. The van der Waals surface area contributed by atoms with E-state index in [1.165, 1.54) is 14.2 Å². The van der Waals surface area contributed by atoms with E-state index in [1.54, 1.807) is 32.9 Å². The molecular weight excluding hydrogens is 532 g/mol. The summed E-state index contributed by atoms with van der Waals surface area (Å²) >= 11 is 3.36. The van der Waals surface area contributed by atoms with Crippen molar-refractivity contribution in [1.82, 2.24) is 0 Å². The number of carbonyl (C=O) groups excluding carboxylic acids is 2. The van der Waals surface area contributed by atoms with Gasteiger partial charge in [-0.05, 0) is 53.9 Å². The zero-order valence-electron chi connectivity index (χ0n) is 20.6. The Hall–Kier alpha value is -3.56. The quantitative estimate of drug-likeness (QED) is 0.204. The summed E-state index contributed by atoms with van der Waals surface area (Å²) in [4.78, 5) is 26.0. The SMILES string of the molecule is COCOc1cc(C)c(C(=O)Oc2c(C)c(O)c(C(=O)OCc3ccccc3)c(Br)c2C)c(OC)c1. The molecule has 0 saturated carbocycles. The minimum atomic E-state index is -0.712. The predicted octanol–water partition coefficient (Wildman–Crippen LogP) is 5.65. The number of hydrogen-bond acceptors (Lipinski definition) is 8. The average molecular weight is 559 g/mol. The first kappa shape index (κ1) is 27.0. The highest BCUT2D eigenvalue weighted by molar-refractivity contribution is 9.10. The van der Waals surface area contributed by atoms with Crippen LogP contribution in [0.5, 0.6) is 23.0 Å². The molecule has 3 rings (SSSR count). The minimum Gasteiger partial charge on any atom is -0.507 e. The maximum absolute atomic E-state index is 13.2. The van der Waals surface area contributed by atoms with Crippen molar-refractivity contribution in [3.63, 3.8) is 0 Å². The first-order valence-electron chi connectivity index (χ1n) is 10.9. The zero-order chi connectivity index (χ0) is 26.4. The Bertz CT molecular complexity index is 1240. The highest BCUT2D eigenvalue weighted by atomic mass is 79.9. The number of esters is 2. The van der Waals surface area contributed by atoms with E-state index in [9.17, 15) is 14.7 Å². The van der Waals surface area contributed by atoms with E-state index >= 15 is 0 Å². The number of hydrogen-bond donors (Lipinski definition) is 1. The highest BCUT2D eigenvalue weighted by Gasteiger charge is 2.28. The third kappa shape index (κ3) is 5.80. The summed E-state index contributed by atoms with van der Waals surface area (Å²) in [5, 5.41) is 10.8. The second-order valence-electron chi connectivity index (χ2n) is 7.94. The van der Waals surface area contributed by atoms with E-state index in [-0.39, 0.29) is 51.8 Å². The van der Waals surface area contributed by atoms with Gasteiger partial charge in [0.1, 0.15) is 40.7 Å². The van der Waals surface area contributed by atoms with Gasteiger partial charge >= 0.3 is 11.9 Å². The Kier molecular flexibility index (Phi) is 8.95. The van der Waals surface area contributed by atoms with Crippen molar-refractivity contribution in [2.24, 2.45) is 0 Å². The molecule has 0 aromatic heterocycles. The Labute approximate surface area is 217 Å². The van der Waals surface area contributed by atoms with Crippen LogP contribution in [0, 0.1) is 20.8 Å². The first-order valence-corrected chi connectivity index (χ1v) is 11.7. The number of aryl methyl sites for hydroxylation is 1. The van der Waals surface area contributed by atoms with Gasteiger partial charge in [0.05, 0.1) is 7.11 Å². The fourth-order valence-corrected chi connectivity index (χ4v) is 4.13. The molecule has 9 heteroatoms. The Morgan fingerprint density at radius 2 is 1.64 bits per heavy atom. The zero-order valence-corrected chi connectivity index (χ0v) is 22.2. The van der Waals surface area contributed by atoms with E-state index in [1.807, 2.05) is 30.3 Å². The molecule has 0 aliphatic carbocycles. The standard InChI is InChI=1S/C27H27BrO8/c1-15-11-19(35-14-32-4)12-20(33-5)21(15)27(31)36-25-16(2)23(28)22(24(29)17(25)3)26(30)34-13-18-9-7-6-8-10-18/h6-12,29H,13-14H2,1-5H3. The molecule has 0 amide bonds. The summed E-state index contributed by atoms with van der Waals surface area (Å²) in [6, 6.07) is 12.4. The highest BCUT2D eigenvalue weighted by Crippen LogP contribution is 2.42. The van der Waals surface area contributed by atoms with Crippen LogP contribution in [-0.2, 0) is 16.1 Å². The normalized spacial score (nSPS) is 10.6. The molecule has 8 nitrogen and oxygen atoms in total. The van der Waals surface area contributed by atoms with Gasteiger partial charge in [0.25, 0.3) is 0 Å². The molecule has 36 heavy (non-hydrogen) atoms.